The molecule has 0 aliphatic carbocycles. The smallest absolute Gasteiger partial charge is 0.303 e. The van der Waals surface area contributed by atoms with Crippen LogP contribution in [0.15, 0.2) is 36.5 Å². The predicted octanol–water partition coefficient (Wildman–Crippen LogP) is 3.26. The molecule has 0 saturated carbocycles. The van der Waals surface area contributed by atoms with Crippen molar-refractivity contribution in [1.29, 1.82) is 0 Å². The summed E-state index contributed by atoms with van der Waals surface area (Å²) in [6, 6.07) is 8.36. The molecule has 27 heavy (non-hydrogen) atoms. The lowest BCUT2D eigenvalue weighted by Crippen LogP contribution is -2.35. The summed E-state index contributed by atoms with van der Waals surface area (Å²) in [5, 5.41) is 12.3. The number of nitrogens with one attached hydrogen (secondary N) is 1. The average Bonchev–Trinajstić information content (AvgIpc) is 2.62. The summed E-state index contributed by atoms with van der Waals surface area (Å²) in [6.45, 7) is 1.35. The number of carbonyl (C=O) groups excluding carboxylic acids is 1. The highest BCUT2D eigenvalue weighted by molar-refractivity contribution is 6.31. The monoisotopic (exact) mass is 388 g/mol. The van der Waals surface area contributed by atoms with Gasteiger partial charge in [-0.05, 0) is 43.0 Å². The first kappa shape index (κ1) is 19.0. The highest BCUT2D eigenvalue weighted by atomic mass is 35.5. The van der Waals surface area contributed by atoms with E-state index in [1.165, 1.54) is 0 Å². The summed E-state index contributed by atoms with van der Waals surface area (Å²) >= 11 is 5.96. The maximum Gasteiger partial charge on any atom is 0.303 e. The Hall–Kier alpha value is -2.80. The van der Waals surface area contributed by atoms with Crippen LogP contribution in [0.5, 0.6) is 0 Å². The fourth-order valence-electron chi connectivity index (χ4n) is 3.24. The van der Waals surface area contributed by atoms with Gasteiger partial charge in [0.1, 0.15) is 0 Å². The fourth-order valence-corrected chi connectivity index (χ4v) is 3.43. The van der Waals surface area contributed by atoms with E-state index in [9.17, 15) is 9.59 Å². The first-order chi connectivity index (χ1) is 12.9. The van der Waals surface area contributed by atoms with Gasteiger partial charge in [0.2, 0.25) is 0 Å². The third-order valence-corrected chi connectivity index (χ3v) is 4.84. The van der Waals surface area contributed by atoms with E-state index in [1.54, 1.807) is 36.5 Å². The number of benzene rings is 1. The van der Waals surface area contributed by atoms with Gasteiger partial charge in [-0.25, -0.2) is 4.98 Å². The average molecular weight is 389 g/mol. The van der Waals surface area contributed by atoms with Gasteiger partial charge in [0.05, 0.1) is 17.6 Å². The Morgan fingerprint density at radius 1 is 1.30 bits per heavy atom. The highest BCUT2D eigenvalue weighted by Gasteiger charge is 2.24. The molecular weight excluding hydrogens is 368 g/mol. The number of aliphatic carboxylic acids is 1. The molecule has 0 unspecified atom stereocenters. The number of anilines is 3. The number of pyridine rings is 1. The lowest BCUT2D eigenvalue weighted by Gasteiger charge is -2.33. The van der Waals surface area contributed by atoms with Crippen molar-refractivity contribution in [3.05, 3.63) is 47.1 Å². The van der Waals surface area contributed by atoms with Gasteiger partial charge in [0, 0.05) is 30.1 Å². The Labute approximate surface area is 162 Å². The van der Waals surface area contributed by atoms with Crippen molar-refractivity contribution in [3.63, 3.8) is 0 Å². The molecule has 0 radical (unpaired) electrons. The standard InChI is InChI=1S/C19H21ClN4O3/c20-14-3-1-2-13(9-14)19(27)23-16-10-15(21)11-22-18(16)24-6-4-12(5-7-24)8-17(25)26/h1-3,9-12H,4-8,21H2,(H,23,27)(H,25,26). The maximum atomic E-state index is 12.6. The molecule has 0 atom stereocenters. The molecular formula is C19H21ClN4O3. The molecule has 1 fully saturated rings. The Kier molecular flexibility index (Phi) is 5.81. The van der Waals surface area contributed by atoms with Crippen LogP contribution in [0.1, 0.15) is 29.6 Å². The third-order valence-electron chi connectivity index (χ3n) is 4.60. The molecule has 4 N–H and O–H groups in total. The van der Waals surface area contributed by atoms with Gasteiger partial charge in [-0.2, -0.15) is 0 Å². The highest BCUT2D eigenvalue weighted by Crippen LogP contribution is 2.30. The molecule has 0 spiro atoms. The van der Waals surface area contributed by atoms with Crippen LogP contribution < -0.4 is 16.0 Å². The fraction of sp³-hybridized carbons (Fsp3) is 0.316. The summed E-state index contributed by atoms with van der Waals surface area (Å²) in [4.78, 5) is 29.9. The van der Waals surface area contributed by atoms with Crippen LogP contribution >= 0.6 is 11.6 Å². The summed E-state index contributed by atoms with van der Waals surface area (Å²) in [7, 11) is 0. The van der Waals surface area contributed by atoms with Crippen molar-refractivity contribution in [2.24, 2.45) is 5.92 Å². The van der Waals surface area contributed by atoms with E-state index in [0.29, 0.717) is 40.9 Å². The molecule has 1 aliphatic rings. The quantitative estimate of drug-likeness (QED) is 0.725. The topological polar surface area (TPSA) is 109 Å². The minimum Gasteiger partial charge on any atom is -0.481 e. The molecule has 2 heterocycles. The predicted molar refractivity (Wildman–Crippen MR) is 105 cm³/mol. The Morgan fingerprint density at radius 3 is 2.70 bits per heavy atom. The van der Waals surface area contributed by atoms with E-state index >= 15 is 0 Å². The molecule has 1 aromatic carbocycles. The molecule has 7 nitrogen and oxygen atoms in total. The maximum absolute atomic E-state index is 12.6. The number of carboxylic acid groups (broad SMARTS) is 1. The van der Waals surface area contributed by atoms with Crippen LogP contribution in [0.2, 0.25) is 5.02 Å². The molecule has 8 heteroatoms. The first-order valence-corrected chi connectivity index (χ1v) is 9.09. The largest absolute Gasteiger partial charge is 0.481 e. The van der Waals surface area contributed by atoms with Gasteiger partial charge in [0.15, 0.2) is 5.82 Å². The number of nitrogen functional groups attached to an aromatic ring is 1. The van der Waals surface area contributed by atoms with Gasteiger partial charge in [-0.1, -0.05) is 17.7 Å². The number of nitrogens with zero attached hydrogens (tertiary/aromatic N) is 2. The molecule has 3 rings (SSSR count). The molecule has 1 saturated heterocycles. The lowest BCUT2D eigenvalue weighted by atomic mass is 9.93. The SMILES string of the molecule is Nc1cnc(N2CCC(CC(=O)O)CC2)c(NC(=O)c2cccc(Cl)c2)c1. The van der Waals surface area contributed by atoms with Crippen molar-refractivity contribution in [3.8, 4) is 0 Å². The second kappa shape index (κ2) is 8.26. The van der Waals surface area contributed by atoms with Crippen LogP contribution in [0.3, 0.4) is 0 Å². The Bertz CT molecular complexity index is 851. The number of hydrogen-bond donors (Lipinski definition) is 3. The van der Waals surface area contributed by atoms with Gasteiger partial charge in [0.25, 0.3) is 5.91 Å². The van der Waals surface area contributed by atoms with Crippen molar-refractivity contribution in [1.82, 2.24) is 4.98 Å². The van der Waals surface area contributed by atoms with Crippen molar-refractivity contribution in [2.75, 3.05) is 29.0 Å². The minimum absolute atomic E-state index is 0.164. The lowest BCUT2D eigenvalue weighted by molar-refractivity contribution is -0.138. The number of piperidine rings is 1. The number of rotatable bonds is 5. The second-order valence-corrected chi connectivity index (χ2v) is 7.07. The van der Waals surface area contributed by atoms with Crippen molar-refractivity contribution < 1.29 is 14.7 Å². The van der Waals surface area contributed by atoms with Crippen LogP contribution in [0.25, 0.3) is 0 Å². The van der Waals surface area contributed by atoms with Gasteiger partial charge in [-0.3, -0.25) is 9.59 Å². The van der Waals surface area contributed by atoms with E-state index in [2.05, 4.69) is 10.3 Å². The molecule has 1 aliphatic heterocycles. The normalized spacial score (nSPS) is 14.8. The van der Waals surface area contributed by atoms with Crippen molar-refractivity contribution >= 4 is 40.7 Å². The minimum atomic E-state index is -0.770. The van der Waals surface area contributed by atoms with E-state index in [4.69, 9.17) is 22.4 Å². The zero-order valence-electron chi connectivity index (χ0n) is 14.7. The number of hydrogen-bond acceptors (Lipinski definition) is 5. The summed E-state index contributed by atoms with van der Waals surface area (Å²) in [5.41, 5.74) is 7.26. The van der Waals surface area contributed by atoms with Crippen molar-refractivity contribution in [2.45, 2.75) is 19.3 Å². The number of carboxylic acids is 1. The Morgan fingerprint density at radius 2 is 2.04 bits per heavy atom. The van der Waals surface area contributed by atoms with Gasteiger partial charge < -0.3 is 21.1 Å². The second-order valence-electron chi connectivity index (χ2n) is 6.63. The van der Waals surface area contributed by atoms with E-state index < -0.39 is 5.97 Å². The number of aromatic nitrogens is 1. The van der Waals surface area contributed by atoms with Crippen LogP contribution in [0.4, 0.5) is 17.2 Å². The van der Waals surface area contributed by atoms with Crippen LogP contribution in [-0.4, -0.2) is 35.1 Å². The summed E-state index contributed by atoms with van der Waals surface area (Å²) in [6.07, 6.45) is 3.26. The molecule has 142 valence electrons. The number of halogens is 1. The summed E-state index contributed by atoms with van der Waals surface area (Å²) < 4.78 is 0. The first-order valence-electron chi connectivity index (χ1n) is 8.71. The molecule has 1 aromatic heterocycles. The molecule has 0 bridgehead atoms. The molecule has 2 aromatic rings. The zero-order chi connectivity index (χ0) is 19.4. The van der Waals surface area contributed by atoms with Gasteiger partial charge in [-0.15, -0.1) is 0 Å². The van der Waals surface area contributed by atoms with E-state index in [1.807, 2.05) is 4.90 Å². The zero-order valence-corrected chi connectivity index (χ0v) is 15.4. The Balaban J connectivity index is 1.76. The third kappa shape index (κ3) is 4.89. The number of nitrogens with two attached hydrogens (primary N) is 1. The summed E-state index contributed by atoms with van der Waals surface area (Å²) in [5.74, 6) is -0.272. The number of carbonyl (C=O) groups is 2. The van der Waals surface area contributed by atoms with E-state index in [0.717, 1.165) is 12.8 Å². The van der Waals surface area contributed by atoms with Crippen LogP contribution in [-0.2, 0) is 4.79 Å². The van der Waals surface area contributed by atoms with Gasteiger partial charge >= 0.3 is 5.97 Å². The van der Waals surface area contributed by atoms with E-state index in [-0.39, 0.29) is 18.2 Å². The van der Waals surface area contributed by atoms with Crippen LogP contribution in [0, 0.1) is 5.92 Å². The molecule has 1 amide bonds. The number of amides is 1.